The number of nitrogens with zero attached hydrogens (tertiary/aromatic N) is 2. The highest BCUT2D eigenvalue weighted by Crippen LogP contribution is 1.94. The summed E-state index contributed by atoms with van der Waals surface area (Å²) in [4.78, 5) is 7.66. The van der Waals surface area contributed by atoms with E-state index in [-0.39, 0.29) is 12.4 Å². The Morgan fingerprint density at radius 3 is 2.33 bits per heavy atom. The molecule has 0 heterocycles. The van der Waals surface area contributed by atoms with Gasteiger partial charge < -0.3 is 11.5 Å². The van der Waals surface area contributed by atoms with E-state index in [0.29, 0.717) is 19.5 Å². The van der Waals surface area contributed by atoms with Crippen molar-refractivity contribution in [3.05, 3.63) is 0 Å². The Kier molecular flexibility index (Phi) is 8.54. The highest BCUT2D eigenvalue weighted by molar-refractivity contribution is 5.85. The fraction of sp³-hybridized carbons (Fsp3) is 0.857. The van der Waals surface area contributed by atoms with E-state index in [1.165, 1.54) is 0 Å². The van der Waals surface area contributed by atoms with Crippen molar-refractivity contribution in [3.63, 3.8) is 0 Å². The molecule has 0 atom stereocenters. The Morgan fingerprint density at radius 2 is 1.92 bits per heavy atom. The van der Waals surface area contributed by atoms with Crippen LogP contribution >= 0.6 is 12.4 Å². The molecule has 0 aromatic carbocycles. The maximum absolute atomic E-state index is 5.51. The van der Waals surface area contributed by atoms with Gasteiger partial charge in [-0.05, 0) is 20.3 Å². The van der Waals surface area contributed by atoms with Gasteiger partial charge in [-0.3, -0.25) is 0 Å². The van der Waals surface area contributed by atoms with Gasteiger partial charge >= 0.3 is 0 Å². The zero-order valence-electron chi connectivity index (χ0n) is 7.58. The molecule has 0 amide bonds. The lowest BCUT2D eigenvalue weighted by Gasteiger charge is -2.15. The Morgan fingerprint density at radius 1 is 1.33 bits per heavy atom. The second-order valence-corrected chi connectivity index (χ2v) is 2.71. The van der Waals surface area contributed by atoms with Crippen LogP contribution in [-0.2, 0) is 0 Å². The van der Waals surface area contributed by atoms with Gasteiger partial charge in [0.2, 0.25) is 0 Å². The summed E-state index contributed by atoms with van der Waals surface area (Å²) in [5.41, 5.74) is 10.4. The summed E-state index contributed by atoms with van der Waals surface area (Å²) >= 11 is 0. The summed E-state index contributed by atoms with van der Waals surface area (Å²) in [6.07, 6.45) is 0.652. The van der Waals surface area contributed by atoms with Crippen molar-refractivity contribution < 1.29 is 0 Å². The monoisotopic (exact) mass is 192 g/mol. The van der Waals surface area contributed by atoms with Crippen LogP contribution in [0.1, 0.15) is 20.3 Å². The van der Waals surface area contributed by atoms with Crippen LogP contribution in [0.5, 0.6) is 0 Å². The summed E-state index contributed by atoms with van der Waals surface area (Å²) in [6.45, 7) is 5.00. The lowest BCUT2D eigenvalue weighted by atomic mass is 10.1. The molecule has 5 heteroatoms. The smallest absolute Gasteiger partial charge is 0.0892 e. The summed E-state index contributed by atoms with van der Waals surface area (Å²) in [5, 5.41) is 0. The van der Waals surface area contributed by atoms with Gasteiger partial charge in [-0.1, -0.05) is 0 Å². The average Bonchev–Trinajstić information content (AvgIpc) is 1.85. The fourth-order valence-electron chi connectivity index (χ4n) is 0.468. The minimum Gasteiger partial charge on any atom is -0.314 e. The number of hydrogen-bond acceptors (Lipinski definition) is 4. The van der Waals surface area contributed by atoms with E-state index < -0.39 is 5.66 Å². The Labute approximate surface area is 79.6 Å². The predicted molar refractivity (Wildman–Crippen MR) is 53.9 cm³/mol. The molecule has 4 N–H and O–H groups in total. The van der Waals surface area contributed by atoms with E-state index in [1.54, 1.807) is 6.92 Å². The molecule has 0 aliphatic carbocycles. The number of nitrogens with two attached hydrogens (primary N) is 2. The molecule has 0 fully saturated rings. The molecule has 72 valence electrons. The van der Waals surface area contributed by atoms with Gasteiger partial charge in [0.15, 0.2) is 0 Å². The van der Waals surface area contributed by atoms with E-state index in [0.717, 1.165) is 0 Å². The van der Waals surface area contributed by atoms with Gasteiger partial charge in [-0.15, -0.1) is 12.4 Å². The third-order valence-electron chi connectivity index (χ3n) is 1.06. The van der Waals surface area contributed by atoms with Crippen LogP contribution < -0.4 is 11.5 Å². The average molecular weight is 193 g/mol. The third kappa shape index (κ3) is 12.3. The molecule has 0 aromatic heterocycles. The number of rotatable bonds is 4. The first-order chi connectivity index (χ1) is 5.06. The molecule has 0 rings (SSSR count). The van der Waals surface area contributed by atoms with Gasteiger partial charge in [0.05, 0.1) is 18.2 Å². The van der Waals surface area contributed by atoms with E-state index in [1.807, 2.05) is 6.92 Å². The molecule has 0 spiro atoms. The van der Waals surface area contributed by atoms with Crippen molar-refractivity contribution >= 4 is 18.4 Å². The molecule has 12 heavy (non-hydrogen) atoms. The molecule has 0 radical (unpaired) electrons. The maximum atomic E-state index is 5.51. The van der Waals surface area contributed by atoms with Crippen LogP contribution in [0.2, 0.25) is 0 Å². The van der Waals surface area contributed by atoms with E-state index in [4.69, 9.17) is 11.5 Å². The highest BCUT2D eigenvalue weighted by atomic mass is 35.5. The normalized spacial score (nSPS) is 9.67. The Balaban J connectivity index is 0. The lowest BCUT2D eigenvalue weighted by Crippen LogP contribution is -2.46. The second-order valence-electron chi connectivity index (χ2n) is 2.71. The summed E-state index contributed by atoms with van der Waals surface area (Å²) in [5.74, 6) is 0. The molecule has 0 aliphatic heterocycles. The van der Waals surface area contributed by atoms with Gasteiger partial charge in [0.25, 0.3) is 0 Å². The maximum Gasteiger partial charge on any atom is 0.0892 e. The standard InChI is InChI=1S/C7H16N4.ClH/c1-3-10-6-11-5-4-7(2,8)9;/h3-5,8-9H2,1-2H3;1H. The number of hydrogen-bond donors (Lipinski definition) is 2. The van der Waals surface area contributed by atoms with E-state index >= 15 is 0 Å². The first-order valence-electron chi connectivity index (χ1n) is 3.72. The highest BCUT2D eigenvalue weighted by Gasteiger charge is 2.08. The zero-order valence-corrected chi connectivity index (χ0v) is 8.40. The Bertz CT molecular complexity index is 155. The number of aliphatic imine (C=N–C) groups is 2. The van der Waals surface area contributed by atoms with Crippen LogP contribution in [0.25, 0.3) is 0 Å². The van der Waals surface area contributed by atoms with Crippen LogP contribution in [0.4, 0.5) is 0 Å². The van der Waals surface area contributed by atoms with Crippen molar-refractivity contribution in [2.45, 2.75) is 25.9 Å². The molecule has 0 aliphatic rings. The van der Waals surface area contributed by atoms with Gasteiger partial charge in [-0.25, -0.2) is 9.98 Å². The molecule has 0 unspecified atom stereocenters. The zero-order chi connectivity index (χ0) is 8.74. The number of halogens is 1. The first-order valence-corrected chi connectivity index (χ1v) is 3.72. The second kappa shape index (κ2) is 7.25. The third-order valence-corrected chi connectivity index (χ3v) is 1.06. The summed E-state index contributed by atoms with van der Waals surface area (Å²) < 4.78 is 0. The minimum atomic E-state index is -0.628. The van der Waals surface area contributed by atoms with E-state index in [2.05, 4.69) is 16.0 Å². The van der Waals surface area contributed by atoms with Crippen molar-refractivity contribution in [2.75, 3.05) is 13.1 Å². The minimum absolute atomic E-state index is 0. The lowest BCUT2D eigenvalue weighted by molar-refractivity contribution is 0.459. The molecule has 0 aromatic rings. The topological polar surface area (TPSA) is 76.8 Å². The molecular weight excluding hydrogens is 176 g/mol. The van der Waals surface area contributed by atoms with E-state index in [9.17, 15) is 0 Å². The molecular formula is C7H17ClN4. The van der Waals surface area contributed by atoms with Crippen LogP contribution in [0, 0.1) is 0 Å². The molecule has 0 saturated carbocycles. The van der Waals surface area contributed by atoms with Crippen molar-refractivity contribution in [2.24, 2.45) is 21.5 Å². The fourth-order valence-corrected chi connectivity index (χ4v) is 0.468. The van der Waals surface area contributed by atoms with Gasteiger partial charge in [-0.2, -0.15) is 0 Å². The predicted octanol–water partition coefficient (Wildman–Crippen LogP) is 0.626. The van der Waals surface area contributed by atoms with Crippen molar-refractivity contribution in [1.82, 2.24) is 0 Å². The molecule has 4 nitrogen and oxygen atoms in total. The summed E-state index contributed by atoms with van der Waals surface area (Å²) in [6, 6.07) is 2.55. The van der Waals surface area contributed by atoms with Crippen molar-refractivity contribution in [1.29, 1.82) is 0 Å². The van der Waals surface area contributed by atoms with Gasteiger partial charge in [0, 0.05) is 6.54 Å². The van der Waals surface area contributed by atoms with Crippen molar-refractivity contribution in [3.8, 4) is 0 Å². The largest absolute Gasteiger partial charge is 0.314 e. The van der Waals surface area contributed by atoms with Crippen LogP contribution in [0.15, 0.2) is 9.98 Å². The molecule has 0 bridgehead atoms. The SMILES string of the molecule is CCN=C=NCCC(C)(N)N.Cl. The Hall–Kier alpha value is -0.410. The van der Waals surface area contributed by atoms with Gasteiger partial charge in [0.1, 0.15) is 0 Å². The quantitative estimate of drug-likeness (QED) is 0.506. The van der Waals surface area contributed by atoms with Crippen LogP contribution in [0.3, 0.4) is 0 Å². The van der Waals surface area contributed by atoms with Crippen LogP contribution in [-0.4, -0.2) is 24.8 Å². The molecule has 0 saturated heterocycles. The first kappa shape index (κ1) is 14.1. The summed E-state index contributed by atoms with van der Waals surface area (Å²) in [7, 11) is 0.